The van der Waals surface area contributed by atoms with E-state index in [1.54, 1.807) is 17.4 Å². The van der Waals surface area contributed by atoms with Gasteiger partial charge >= 0.3 is 0 Å². The number of aromatic nitrogens is 1. The van der Waals surface area contributed by atoms with E-state index >= 15 is 0 Å². The molecule has 3 nitrogen and oxygen atoms in total. The second-order valence-corrected chi connectivity index (χ2v) is 12.3. The van der Waals surface area contributed by atoms with E-state index in [1.807, 2.05) is 24.3 Å². The average molecular weight is 633 g/mol. The number of nitrogens with zero attached hydrogens (tertiary/aromatic N) is 2. The van der Waals surface area contributed by atoms with Gasteiger partial charge in [-0.2, -0.15) is 0 Å². The van der Waals surface area contributed by atoms with Crippen LogP contribution in [0.15, 0.2) is 146 Å². The summed E-state index contributed by atoms with van der Waals surface area (Å²) >= 11 is 1.73. The molecule has 1 radical (unpaired) electrons. The third-order valence-electron chi connectivity index (χ3n) is 8.59. The van der Waals surface area contributed by atoms with Gasteiger partial charge in [0.25, 0.3) is 0 Å². The van der Waals surface area contributed by atoms with Crippen LogP contribution in [-0.2, 0) is 18.6 Å². The fourth-order valence-corrected chi connectivity index (χ4v) is 7.65. The van der Waals surface area contributed by atoms with Crippen molar-refractivity contribution < 1.29 is 23.7 Å². The molecule has 45 heavy (non-hydrogen) atoms. The molecule has 0 bridgehead atoms. The third kappa shape index (κ3) is 4.50. The molecule has 0 saturated heterocycles. The predicted molar refractivity (Wildman–Crippen MR) is 187 cm³/mol. The van der Waals surface area contributed by atoms with Gasteiger partial charge in [0.2, 0.25) is 0 Å². The van der Waals surface area contributed by atoms with Crippen molar-refractivity contribution in [3.05, 3.63) is 151 Å². The van der Waals surface area contributed by atoms with Gasteiger partial charge in [-0.3, -0.25) is 0 Å². The van der Waals surface area contributed by atoms with Gasteiger partial charge in [-0.05, 0) is 81.2 Å². The first-order valence-corrected chi connectivity index (χ1v) is 15.5. The molecule has 5 heteroatoms. The van der Waals surface area contributed by atoms with Crippen LogP contribution < -0.4 is 0 Å². The maximum atomic E-state index is 11.0. The van der Waals surface area contributed by atoms with Gasteiger partial charge in [-0.25, -0.2) is 0 Å². The molecule has 9 rings (SSSR count). The quantitative estimate of drug-likeness (QED) is 0.206. The van der Waals surface area contributed by atoms with Gasteiger partial charge in [-0.1, -0.05) is 103 Å². The minimum absolute atomic E-state index is 0. The average Bonchev–Trinajstić information content (AvgIpc) is 3.61. The number of hydrogen-bond acceptors (Lipinski definition) is 2. The number of hydrogen-bond donors (Lipinski definition) is 1. The van der Waals surface area contributed by atoms with Crippen LogP contribution in [0.3, 0.4) is 0 Å². The summed E-state index contributed by atoms with van der Waals surface area (Å²) < 4.78 is 4.61. The normalized spacial score (nSPS) is 11.5. The summed E-state index contributed by atoms with van der Waals surface area (Å²) in [6, 6.07) is 50.7. The third-order valence-corrected chi connectivity index (χ3v) is 9.70. The predicted octanol–water partition coefficient (Wildman–Crippen LogP) is 12.0. The maximum absolute atomic E-state index is 11.0. The monoisotopic (exact) mass is 632 g/mol. The summed E-state index contributed by atoms with van der Waals surface area (Å²) in [5, 5.41) is 23.1. The van der Waals surface area contributed by atoms with Gasteiger partial charge in [0.15, 0.2) is 0 Å². The summed E-state index contributed by atoms with van der Waals surface area (Å²) in [4.78, 5) is 0. The summed E-state index contributed by atoms with van der Waals surface area (Å²) in [6.45, 7) is 0. The molecule has 0 amide bonds. The van der Waals surface area contributed by atoms with Crippen LogP contribution in [0.4, 0.5) is 11.4 Å². The van der Waals surface area contributed by atoms with Crippen molar-refractivity contribution >= 4 is 75.5 Å². The minimum Gasteiger partial charge on any atom is -0.654 e. The van der Waals surface area contributed by atoms with Crippen molar-refractivity contribution in [2.45, 2.75) is 0 Å². The SMILES string of the molecule is Oc1ccc2sc3cc(-c4ccccc4)ccc3c2c1[N-]c1ccc(-n2c3ccccc3c3cc4ccccc4cc32)cc1.[V]. The summed E-state index contributed by atoms with van der Waals surface area (Å²) in [5.41, 5.74) is 7.20. The smallest absolute Gasteiger partial charge is 0.101 e. The topological polar surface area (TPSA) is 39.3 Å². The van der Waals surface area contributed by atoms with Gasteiger partial charge in [-0.15, -0.1) is 17.0 Å². The Morgan fingerprint density at radius 1 is 0.533 bits per heavy atom. The van der Waals surface area contributed by atoms with Crippen molar-refractivity contribution in [3.8, 4) is 22.6 Å². The van der Waals surface area contributed by atoms with Crippen molar-refractivity contribution in [1.82, 2.24) is 4.57 Å². The zero-order valence-corrected chi connectivity index (χ0v) is 26.3. The Bertz CT molecular complexity index is 2530. The molecule has 1 N–H and O–H groups in total. The summed E-state index contributed by atoms with van der Waals surface area (Å²) in [5.74, 6) is 0.183. The van der Waals surface area contributed by atoms with E-state index in [9.17, 15) is 5.11 Å². The zero-order valence-electron chi connectivity index (χ0n) is 24.1. The van der Waals surface area contributed by atoms with Crippen LogP contribution in [0, 0.1) is 0 Å². The molecular formula is C40H25N2OSV-. The summed E-state index contributed by atoms with van der Waals surface area (Å²) in [7, 11) is 0. The molecule has 2 aromatic heterocycles. The van der Waals surface area contributed by atoms with Gasteiger partial charge in [0.05, 0.1) is 11.0 Å². The number of fused-ring (bicyclic) bond motifs is 7. The standard InChI is InChI=1S/C40H25N2OS.V/c43-36-20-21-37-39(32-19-14-28(24-38(32)44-37)25-8-2-1-3-9-25)40(36)41-29-15-17-30(18-16-29)42-34-13-7-6-12-31(34)33-22-26-10-4-5-11-27(26)23-35(33)42;/h1-24,43H;/q-1;. The van der Waals surface area contributed by atoms with Crippen LogP contribution >= 0.6 is 11.3 Å². The van der Waals surface area contributed by atoms with E-state index < -0.39 is 0 Å². The molecule has 0 aliphatic heterocycles. The molecular weight excluding hydrogens is 607 g/mol. The number of phenolic OH excluding ortho intramolecular Hbond substituents is 1. The fraction of sp³-hybridized carbons (Fsp3) is 0. The molecule has 0 atom stereocenters. The molecule has 213 valence electrons. The van der Waals surface area contributed by atoms with E-state index in [0.29, 0.717) is 5.69 Å². The van der Waals surface area contributed by atoms with Gasteiger partial charge < -0.3 is 15.0 Å². The van der Waals surface area contributed by atoms with Crippen molar-refractivity contribution in [2.75, 3.05) is 0 Å². The van der Waals surface area contributed by atoms with Gasteiger partial charge in [0.1, 0.15) is 5.75 Å². The Morgan fingerprint density at radius 3 is 2.09 bits per heavy atom. The van der Waals surface area contributed by atoms with Crippen LogP contribution in [0.1, 0.15) is 0 Å². The first kappa shape index (κ1) is 27.5. The van der Waals surface area contributed by atoms with Crippen LogP contribution in [0.2, 0.25) is 0 Å². The molecule has 0 saturated carbocycles. The fourth-order valence-electron chi connectivity index (χ4n) is 6.50. The largest absolute Gasteiger partial charge is 0.654 e. The van der Waals surface area contributed by atoms with E-state index in [2.05, 4.69) is 120 Å². The maximum Gasteiger partial charge on any atom is 0.101 e. The number of benzene rings is 7. The molecule has 0 unspecified atom stereocenters. The number of rotatable bonds is 4. The van der Waals surface area contributed by atoms with Crippen molar-refractivity contribution in [2.24, 2.45) is 0 Å². The minimum atomic E-state index is 0. The molecule has 0 fully saturated rings. The first-order chi connectivity index (χ1) is 21.7. The number of para-hydroxylation sites is 1. The second kappa shape index (κ2) is 10.9. The Labute approximate surface area is 275 Å². The number of phenols is 1. The number of thiophene rings is 1. The Kier molecular flexibility index (Phi) is 6.65. The van der Waals surface area contributed by atoms with Crippen molar-refractivity contribution in [1.29, 1.82) is 0 Å². The molecule has 0 aliphatic carbocycles. The van der Waals surface area contributed by atoms with E-state index in [0.717, 1.165) is 26.8 Å². The number of aromatic hydroxyl groups is 1. The van der Waals surface area contributed by atoms with E-state index in [1.165, 1.54) is 48.4 Å². The molecule has 0 aliphatic rings. The zero-order chi connectivity index (χ0) is 29.2. The Morgan fingerprint density at radius 2 is 1.27 bits per heavy atom. The summed E-state index contributed by atoms with van der Waals surface area (Å²) in [6.07, 6.45) is 0. The van der Waals surface area contributed by atoms with Crippen molar-refractivity contribution in [3.63, 3.8) is 0 Å². The van der Waals surface area contributed by atoms with E-state index in [4.69, 9.17) is 5.32 Å². The first-order valence-electron chi connectivity index (χ1n) is 14.7. The molecule has 2 heterocycles. The Balaban J connectivity index is 0.00000300. The Hall–Kier alpha value is -5.00. The van der Waals surface area contributed by atoms with Crippen LogP contribution in [0.5, 0.6) is 5.75 Å². The van der Waals surface area contributed by atoms with Crippen LogP contribution in [0.25, 0.3) is 74.9 Å². The molecule has 7 aromatic carbocycles. The van der Waals surface area contributed by atoms with Crippen LogP contribution in [-0.4, -0.2) is 9.67 Å². The molecule has 0 spiro atoms. The molecule has 9 aromatic rings. The van der Waals surface area contributed by atoms with Gasteiger partial charge in [0, 0.05) is 44.4 Å². The van der Waals surface area contributed by atoms with E-state index in [-0.39, 0.29) is 24.3 Å². The second-order valence-electron chi connectivity index (χ2n) is 11.2.